The number of hydrogen-bond acceptors (Lipinski definition) is 4. The molecule has 0 aliphatic rings. The van der Waals surface area contributed by atoms with Crippen LogP contribution in [0, 0.1) is 11.3 Å². The maximum absolute atomic E-state index is 9.48. The van der Waals surface area contributed by atoms with Crippen molar-refractivity contribution in [1.29, 1.82) is 5.26 Å². The molecule has 0 aromatic heterocycles. The molecule has 1 aromatic rings. The molecule has 0 saturated carbocycles. The van der Waals surface area contributed by atoms with Crippen LogP contribution >= 0.6 is 0 Å². The lowest BCUT2D eigenvalue weighted by Crippen LogP contribution is -2.14. The molecule has 1 unspecified atom stereocenters. The van der Waals surface area contributed by atoms with Crippen LogP contribution < -0.4 is 5.73 Å². The molecule has 0 bridgehead atoms. The fraction of sp³-hybridized carbons (Fsp3) is 0.222. The number of nitriles is 1. The van der Waals surface area contributed by atoms with E-state index in [1.165, 1.54) is 6.07 Å². The number of para-hydroxylation sites is 1. The van der Waals surface area contributed by atoms with Gasteiger partial charge in [0.1, 0.15) is 11.8 Å². The fourth-order valence-corrected chi connectivity index (χ4v) is 1.05. The predicted molar refractivity (Wildman–Crippen MR) is 46.8 cm³/mol. The Labute approximate surface area is 75.8 Å². The molecule has 13 heavy (non-hydrogen) atoms. The summed E-state index contributed by atoms with van der Waals surface area (Å²) in [6, 6.07) is 5.87. The molecule has 0 spiro atoms. The van der Waals surface area contributed by atoms with Gasteiger partial charge in [-0.2, -0.15) is 5.26 Å². The van der Waals surface area contributed by atoms with E-state index >= 15 is 0 Å². The van der Waals surface area contributed by atoms with Gasteiger partial charge in [-0.25, -0.2) is 0 Å². The SMILES string of the molecule is N#Cc1cccc(C(N)CO)c1O. The Morgan fingerprint density at radius 3 is 2.77 bits per heavy atom. The summed E-state index contributed by atoms with van der Waals surface area (Å²) in [5, 5.41) is 26.8. The molecule has 4 heteroatoms. The Kier molecular flexibility index (Phi) is 2.85. The number of rotatable bonds is 2. The summed E-state index contributed by atoms with van der Waals surface area (Å²) in [7, 11) is 0. The monoisotopic (exact) mass is 178 g/mol. The number of aromatic hydroxyl groups is 1. The van der Waals surface area contributed by atoms with Crippen molar-refractivity contribution in [2.45, 2.75) is 6.04 Å². The topological polar surface area (TPSA) is 90.3 Å². The first-order valence-corrected chi connectivity index (χ1v) is 3.79. The average Bonchev–Trinajstić information content (AvgIpc) is 2.17. The van der Waals surface area contributed by atoms with Crippen LogP contribution in [-0.2, 0) is 0 Å². The Hall–Kier alpha value is -1.57. The van der Waals surface area contributed by atoms with Gasteiger partial charge in [-0.15, -0.1) is 0 Å². The van der Waals surface area contributed by atoms with E-state index in [2.05, 4.69) is 0 Å². The molecule has 0 amide bonds. The third-order valence-corrected chi connectivity index (χ3v) is 1.78. The normalized spacial score (nSPS) is 12.1. The van der Waals surface area contributed by atoms with E-state index < -0.39 is 6.04 Å². The van der Waals surface area contributed by atoms with Crippen molar-refractivity contribution in [3.05, 3.63) is 29.3 Å². The van der Waals surface area contributed by atoms with Crippen LogP contribution in [0.15, 0.2) is 18.2 Å². The standard InChI is InChI=1S/C9H10N2O2/c10-4-6-2-1-3-7(9(6)13)8(11)5-12/h1-3,8,12-13H,5,11H2. The van der Waals surface area contributed by atoms with Gasteiger partial charge in [0.2, 0.25) is 0 Å². The van der Waals surface area contributed by atoms with Crippen LogP contribution in [0.4, 0.5) is 0 Å². The van der Waals surface area contributed by atoms with Crippen LogP contribution in [0.5, 0.6) is 5.75 Å². The number of aliphatic hydroxyl groups is 1. The molecule has 0 aliphatic carbocycles. The zero-order chi connectivity index (χ0) is 9.84. The van der Waals surface area contributed by atoms with Gasteiger partial charge in [-0.3, -0.25) is 0 Å². The Bertz CT molecular complexity index is 344. The Morgan fingerprint density at radius 1 is 1.54 bits per heavy atom. The highest BCUT2D eigenvalue weighted by Crippen LogP contribution is 2.25. The van der Waals surface area contributed by atoms with E-state index in [4.69, 9.17) is 16.1 Å². The summed E-state index contributed by atoms with van der Waals surface area (Å²) in [5.41, 5.74) is 6.06. The summed E-state index contributed by atoms with van der Waals surface area (Å²) in [5.74, 6) is -0.147. The molecule has 1 aromatic carbocycles. The molecular weight excluding hydrogens is 168 g/mol. The number of nitrogens with zero attached hydrogens (tertiary/aromatic N) is 1. The molecule has 4 N–H and O–H groups in total. The third kappa shape index (κ3) is 1.78. The third-order valence-electron chi connectivity index (χ3n) is 1.78. The highest BCUT2D eigenvalue weighted by molar-refractivity contribution is 5.48. The zero-order valence-corrected chi connectivity index (χ0v) is 6.94. The number of aliphatic hydroxyl groups excluding tert-OH is 1. The zero-order valence-electron chi connectivity index (χ0n) is 6.94. The molecule has 0 radical (unpaired) electrons. The quantitative estimate of drug-likeness (QED) is 0.605. The lowest BCUT2D eigenvalue weighted by atomic mass is 10.0. The second-order valence-corrected chi connectivity index (χ2v) is 2.64. The largest absolute Gasteiger partial charge is 0.506 e. The van der Waals surface area contributed by atoms with Gasteiger partial charge in [-0.1, -0.05) is 12.1 Å². The van der Waals surface area contributed by atoms with E-state index in [0.29, 0.717) is 5.56 Å². The minimum absolute atomic E-state index is 0.147. The van der Waals surface area contributed by atoms with Crippen LogP contribution in [0.3, 0.4) is 0 Å². The molecular formula is C9H10N2O2. The number of hydrogen-bond donors (Lipinski definition) is 3. The molecule has 0 saturated heterocycles. The van der Waals surface area contributed by atoms with Crippen molar-refractivity contribution in [3.8, 4) is 11.8 Å². The minimum atomic E-state index is -0.645. The van der Waals surface area contributed by atoms with Gasteiger partial charge >= 0.3 is 0 Å². The molecule has 4 nitrogen and oxygen atoms in total. The summed E-state index contributed by atoms with van der Waals surface area (Å²) in [6.45, 7) is -0.261. The van der Waals surface area contributed by atoms with Crippen molar-refractivity contribution in [3.63, 3.8) is 0 Å². The molecule has 0 heterocycles. The van der Waals surface area contributed by atoms with Gasteiger partial charge in [0.25, 0.3) is 0 Å². The first-order chi connectivity index (χ1) is 6.20. The highest BCUT2D eigenvalue weighted by atomic mass is 16.3. The van der Waals surface area contributed by atoms with Crippen LogP contribution in [0.2, 0.25) is 0 Å². The van der Waals surface area contributed by atoms with Gasteiger partial charge in [-0.05, 0) is 6.07 Å². The van der Waals surface area contributed by atoms with Crippen molar-refractivity contribution >= 4 is 0 Å². The van der Waals surface area contributed by atoms with E-state index in [0.717, 1.165) is 0 Å². The number of phenols is 1. The van der Waals surface area contributed by atoms with Gasteiger partial charge < -0.3 is 15.9 Å². The van der Waals surface area contributed by atoms with Gasteiger partial charge in [0.05, 0.1) is 18.2 Å². The molecule has 1 rings (SSSR count). The smallest absolute Gasteiger partial charge is 0.138 e. The summed E-state index contributed by atoms with van der Waals surface area (Å²) in [4.78, 5) is 0. The number of phenolic OH excluding ortho intramolecular Hbond substituents is 1. The summed E-state index contributed by atoms with van der Waals surface area (Å²) in [6.07, 6.45) is 0. The summed E-state index contributed by atoms with van der Waals surface area (Å²) < 4.78 is 0. The first-order valence-electron chi connectivity index (χ1n) is 3.79. The van der Waals surface area contributed by atoms with Gasteiger partial charge in [0.15, 0.2) is 0 Å². The van der Waals surface area contributed by atoms with Crippen molar-refractivity contribution in [1.82, 2.24) is 0 Å². The van der Waals surface area contributed by atoms with Gasteiger partial charge in [0, 0.05) is 5.56 Å². The Morgan fingerprint density at radius 2 is 2.23 bits per heavy atom. The number of benzene rings is 1. The second-order valence-electron chi connectivity index (χ2n) is 2.64. The highest BCUT2D eigenvalue weighted by Gasteiger charge is 2.12. The molecule has 68 valence electrons. The van der Waals surface area contributed by atoms with Crippen LogP contribution in [0.1, 0.15) is 17.2 Å². The maximum atomic E-state index is 9.48. The lowest BCUT2D eigenvalue weighted by Gasteiger charge is -2.10. The van der Waals surface area contributed by atoms with E-state index in [9.17, 15) is 5.11 Å². The number of nitrogens with two attached hydrogens (primary N) is 1. The predicted octanol–water partition coefficient (Wildman–Crippen LogP) is 0.256. The van der Waals surface area contributed by atoms with Crippen LogP contribution in [0.25, 0.3) is 0 Å². The molecule has 0 aliphatic heterocycles. The Balaban J connectivity index is 3.17. The van der Waals surface area contributed by atoms with Crippen LogP contribution in [-0.4, -0.2) is 16.8 Å². The van der Waals surface area contributed by atoms with Crippen molar-refractivity contribution in [2.75, 3.05) is 6.61 Å². The van der Waals surface area contributed by atoms with Crippen molar-refractivity contribution < 1.29 is 10.2 Å². The van der Waals surface area contributed by atoms with E-state index in [-0.39, 0.29) is 17.9 Å². The summed E-state index contributed by atoms with van der Waals surface area (Å²) >= 11 is 0. The minimum Gasteiger partial charge on any atom is -0.506 e. The molecule has 0 fully saturated rings. The van der Waals surface area contributed by atoms with E-state index in [1.54, 1.807) is 12.1 Å². The average molecular weight is 178 g/mol. The first kappa shape index (κ1) is 9.52. The lowest BCUT2D eigenvalue weighted by molar-refractivity contribution is 0.265. The van der Waals surface area contributed by atoms with E-state index in [1.807, 2.05) is 6.07 Å². The van der Waals surface area contributed by atoms with Crippen molar-refractivity contribution in [2.24, 2.45) is 5.73 Å². The fourth-order valence-electron chi connectivity index (χ4n) is 1.05. The molecule has 1 atom stereocenters. The second kappa shape index (κ2) is 3.90. The maximum Gasteiger partial charge on any atom is 0.138 e.